The van der Waals surface area contributed by atoms with Gasteiger partial charge >= 0.3 is 0 Å². The molecule has 0 spiro atoms. The van der Waals surface area contributed by atoms with Crippen LogP contribution in [0.1, 0.15) is 6.42 Å². The first-order valence-corrected chi connectivity index (χ1v) is 3.76. The van der Waals surface area contributed by atoms with Crippen molar-refractivity contribution in [3.8, 4) is 0 Å². The van der Waals surface area contributed by atoms with Gasteiger partial charge < -0.3 is 14.2 Å². The van der Waals surface area contributed by atoms with Crippen LogP contribution >= 0.6 is 0 Å². The Balaban J connectivity index is 1.59. The van der Waals surface area contributed by atoms with E-state index in [1.54, 1.807) is 0 Å². The summed E-state index contributed by atoms with van der Waals surface area (Å²) in [6.45, 7) is 3.27. The van der Waals surface area contributed by atoms with E-state index < -0.39 is 0 Å². The maximum Gasteiger partial charge on any atom is 0.104 e. The van der Waals surface area contributed by atoms with E-state index in [1.165, 1.54) is 0 Å². The maximum atomic E-state index is 5.48. The highest BCUT2D eigenvalue weighted by atomic mass is 16.6. The zero-order chi connectivity index (χ0) is 6.81. The zero-order valence-corrected chi connectivity index (χ0v) is 5.91. The molecule has 10 heavy (non-hydrogen) atoms. The predicted molar refractivity (Wildman–Crippen MR) is 34.9 cm³/mol. The molecule has 2 aliphatic heterocycles. The van der Waals surface area contributed by atoms with Gasteiger partial charge in [0.1, 0.15) is 6.10 Å². The Labute approximate surface area is 60.3 Å². The third-order valence-corrected chi connectivity index (χ3v) is 1.81. The van der Waals surface area contributed by atoms with Gasteiger partial charge in [-0.05, 0) is 6.42 Å². The smallest absolute Gasteiger partial charge is 0.104 e. The normalized spacial score (nSPS) is 38.4. The van der Waals surface area contributed by atoms with Crippen LogP contribution in [0.15, 0.2) is 0 Å². The van der Waals surface area contributed by atoms with Gasteiger partial charge in [-0.15, -0.1) is 0 Å². The molecule has 2 atom stereocenters. The summed E-state index contributed by atoms with van der Waals surface area (Å²) >= 11 is 0. The van der Waals surface area contributed by atoms with E-state index in [0.29, 0.717) is 12.2 Å². The van der Waals surface area contributed by atoms with Crippen molar-refractivity contribution in [2.45, 2.75) is 18.6 Å². The first kappa shape index (κ1) is 6.58. The summed E-state index contributed by atoms with van der Waals surface area (Å²) in [5, 5.41) is 0. The van der Waals surface area contributed by atoms with E-state index >= 15 is 0 Å². The number of rotatable bonds is 3. The summed E-state index contributed by atoms with van der Waals surface area (Å²) < 4.78 is 15.6. The summed E-state index contributed by atoms with van der Waals surface area (Å²) in [6, 6.07) is 0. The van der Waals surface area contributed by atoms with Crippen LogP contribution in [0, 0.1) is 0 Å². The predicted octanol–water partition coefficient (Wildman–Crippen LogP) is 0.191. The molecule has 2 rings (SSSR count). The van der Waals surface area contributed by atoms with Gasteiger partial charge in [0.2, 0.25) is 0 Å². The summed E-state index contributed by atoms with van der Waals surface area (Å²) in [6.07, 6.45) is 1.77. The monoisotopic (exact) mass is 144 g/mol. The molecule has 0 aromatic carbocycles. The van der Waals surface area contributed by atoms with Crippen molar-refractivity contribution in [1.29, 1.82) is 0 Å². The molecule has 2 unspecified atom stereocenters. The molecule has 0 aromatic rings. The van der Waals surface area contributed by atoms with E-state index in [1.807, 2.05) is 0 Å². The minimum Gasteiger partial charge on any atom is -0.379 e. The third kappa shape index (κ3) is 1.68. The van der Waals surface area contributed by atoms with Crippen LogP contribution in [-0.2, 0) is 14.2 Å². The molecular weight excluding hydrogens is 132 g/mol. The number of hydrogen-bond acceptors (Lipinski definition) is 3. The average Bonchev–Trinajstić information content (AvgIpc) is 2.63. The molecule has 0 aromatic heterocycles. The van der Waals surface area contributed by atoms with E-state index in [4.69, 9.17) is 14.2 Å². The standard InChI is InChI=1S/C7H12O3/c1-2-8-3-6(1)9-4-7-5-10-7/h6-7H,1-5H2. The fraction of sp³-hybridized carbons (Fsp3) is 1.00. The molecule has 0 saturated carbocycles. The Morgan fingerprint density at radius 3 is 2.90 bits per heavy atom. The summed E-state index contributed by atoms with van der Waals surface area (Å²) in [5.41, 5.74) is 0. The minimum absolute atomic E-state index is 0.337. The molecule has 3 heteroatoms. The molecule has 0 bridgehead atoms. The van der Waals surface area contributed by atoms with Crippen LogP contribution in [0.2, 0.25) is 0 Å². The highest BCUT2D eigenvalue weighted by molar-refractivity contribution is 4.70. The Bertz CT molecular complexity index is 105. The van der Waals surface area contributed by atoms with E-state index in [9.17, 15) is 0 Å². The lowest BCUT2D eigenvalue weighted by molar-refractivity contribution is 0.0340. The second kappa shape index (κ2) is 2.86. The van der Waals surface area contributed by atoms with Crippen LogP contribution in [0.4, 0.5) is 0 Å². The van der Waals surface area contributed by atoms with Crippen LogP contribution < -0.4 is 0 Å². The first-order valence-electron chi connectivity index (χ1n) is 3.76. The molecule has 0 amide bonds. The van der Waals surface area contributed by atoms with E-state index in [0.717, 1.165) is 32.8 Å². The molecular formula is C7H12O3. The summed E-state index contributed by atoms with van der Waals surface area (Å²) in [5.74, 6) is 0. The van der Waals surface area contributed by atoms with Gasteiger partial charge in [-0.2, -0.15) is 0 Å². The van der Waals surface area contributed by atoms with Crippen LogP contribution in [-0.4, -0.2) is 38.6 Å². The largest absolute Gasteiger partial charge is 0.379 e. The highest BCUT2D eigenvalue weighted by Gasteiger charge is 2.25. The second-order valence-electron chi connectivity index (χ2n) is 2.77. The van der Waals surface area contributed by atoms with Crippen LogP contribution in [0.5, 0.6) is 0 Å². The molecule has 3 nitrogen and oxygen atoms in total. The van der Waals surface area contributed by atoms with Crippen molar-refractivity contribution < 1.29 is 14.2 Å². The second-order valence-corrected chi connectivity index (χ2v) is 2.77. The molecule has 0 radical (unpaired) electrons. The topological polar surface area (TPSA) is 31.0 Å². The molecule has 0 N–H and O–H groups in total. The van der Waals surface area contributed by atoms with Crippen LogP contribution in [0.25, 0.3) is 0 Å². The molecule has 58 valence electrons. The van der Waals surface area contributed by atoms with Crippen molar-refractivity contribution in [3.05, 3.63) is 0 Å². The van der Waals surface area contributed by atoms with Crippen molar-refractivity contribution in [1.82, 2.24) is 0 Å². The Morgan fingerprint density at radius 2 is 2.30 bits per heavy atom. The number of ether oxygens (including phenoxy) is 3. The first-order chi connectivity index (χ1) is 4.95. The zero-order valence-electron chi connectivity index (χ0n) is 5.91. The van der Waals surface area contributed by atoms with Crippen LogP contribution in [0.3, 0.4) is 0 Å². The molecule has 2 fully saturated rings. The fourth-order valence-corrected chi connectivity index (χ4v) is 1.05. The van der Waals surface area contributed by atoms with Gasteiger partial charge in [-0.1, -0.05) is 0 Å². The summed E-state index contributed by atoms with van der Waals surface area (Å²) in [7, 11) is 0. The Hall–Kier alpha value is -0.120. The molecule has 0 aliphatic carbocycles. The van der Waals surface area contributed by atoms with Gasteiger partial charge in [0.25, 0.3) is 0 Å². The van der Waals surface area contributed by atoms with Crippen molar-refractivity contribution in [3.63, 3.8) is 0 Å². The Kier molecular flexibility index (Phi) is 1.88. The summed E-state index contributed by atoms with van der Waals surface area (Å²) in [4.78, 5) is 0. The number of hydrogen-bond donors (Lipinski definition) is 0. The molecule has 2 aliphatic rings. The van der Waals surface area contributed by atoms with Gasteiger partial charge in [-0.25, -0.2) is 0 Å². The molecule has 2 heterocycles. The minimum atomic E-state index is 0.337. The number of epoxide rings is 1. The van der Waals surface area contributed by atoms with Gasteiger partial charge in [0.05, 0.1) is 25.9 Å². The van der Waals surface area contributed by atoms with Gasteiger partial charge in [0.15, 0.2) is 0 Å². The van der Waals surface area contributed by atoms with Gasteiger partial charge in [-0.3, -0.25) is 0 Å². The third-order valence-electron chi connectivity index (χ3n) is 1.81. The van der Waals surface area contributed by atoms with Crippen molar-refractivity contribution in [2.75, 3.05) is 26.4 Å². The fourth-order valence-electron chi connectivity index (χ4n) is 1.05. The van der Waals surface area contributed by atoms with Crippen molar-refractivity contribution in [2.24, 2.45) is 0 Å². The van der Waals surface area contributed by atoms with E-state index in [-0.39, 0.29) is 0 Å². The quantitative estimate of drug-likeness (QED) is 0.530. The van der Waals surface area contributed by atoms with Gasteiger partial charge in [0, 0.05) is 6.61 Å². The average molecular weight is 144 g/mol. The highest BCUT2D eigenvalue weighted by Crippen LogP contribution is 2.13. The lowest BCUT2D eigenvalue weighted by atomic mass is 10.3. The molecule has 2 saturated heterocycles. The van der Waals surface area contributed by atoms with E-state index in [2.05, 4.69) is 0 Å². The lowest BCUT2D eigenvalue weighted by Gasteiger charge is -2.06. The van der Waals surface area contributed by atoms with Crippen molar-refractivity contribution >= 4 is 0 Å². The Morgan fingerprint density at radius 1 is 1.40 bits per heavy atom. The SMILES string of the molecule is C1CC(OCC2CO2)CO1. The maximum absolute atomic E-state index is 5.48. The lowest BCUT2D eigenvalue weighted by Crippen LogP contribution is -2.15.